The van der Waals surface area contributed by atoms with Crippen LogP contribution in [0, 0.1) is 5.82 Å². The molecule has 0 spiro atoms. The van der Waals surface area contributed by atoms with E-state index in [1.807, 2.05) is 0 Å². The van der Waals surface area contributed by atoms with Gasteiger partial charge < -0.3 is 9.88 Å². The maximum atomic E-state index is 14.6. The topological polar surface area (TPSA) is 59.8 Å². The predicted molar refractivity (Wildman–Crippen MR) is 111 cm³/mol. The molecular formula is C21H17BrF4N4O. The summed E-state index contributed by atoms with van der Waals surface area (Å²) < 4.78 is 56.5. The zero-order valence-corrected chi connectivity index (χ0v) is 17.9. The van der Waals surface area contributed by atoms with Crippen LogP contribution >= 0.6 is 15.9 Å². The number of pyridine rings is 1. The number of fused-ring (bicyclic) bond motifs is 1. The second-order valence-electron chi connectivity index (χ2n) is 8.43. The smallest absolute Gasteiger partial charge is 0.267 e. The number of benzene rings is 1. The molecule has 1 N–H and O–H groups in total. The molecule has 3 saturated carbocycles. The van der Waals surface area contributed by atoms with Crippen molar-refractivity contribution in [1.82, 2.24) is 14.5 Å². The molecule has 3 fully saturated rings. The molecule has 6 rings (SSSR count). The maximum Gasteiger partial charge on any atom is 0.267 e. The Morgan fingerprint density at radius 3 is 2.52 bits per heavy atom. The fourth-order valence-electron chi connectivity index (χ4n) is 4.78. The van der Waals surface area contributed by atoms with Gasteiger partial charge in [-0.15, -0.1) is 0 Å². The molecule has 3 aliphatic carbocycles. The number of nitrogens with zero attached hydrogens (tertiary/aromatic N) is 3. The molecule has 2 aromatic heterocycles. The Balaban J connectivity index is 1.56. The molecule has 0 unspecified atom stereocenters. The average molecular weight is 497 g/mol. The van der Waals surface area contributed by atoms with Crippen molar-refractivity contribution in [3.8, 4) is 0 Å². The third-order valence-corrected chi connectivity index (χ3v) is 7.03. The van der Waals surface area contributed by atoms with Crippen LogP contribution < -0.4 is 10.9 Å². The van der Waals surface area contributed by atoms with Crippen molar-refractivity contribution in [2.24, 2.45) is 0 Å². The molecule has 3 aromatic rings. The third kappa shape index (κ3) is 2.98. The summed E-state index contributed by atoms with van der Waals surface area (Å²) in [5.41, 5.74) is -2.28. The van der Waals surface area contributed by atoms with Crippen molar-refractivity contribution in [2.75, 3.05) is 5.32 Å². The number of hydrogen-bond donors (Lipinski definition) is 1. The molecule has 0 amide bonds. The molecular weight excluding hydrogens is 480 g/mol. The summed E-state index contributed by atoms with van der Waals surface area (Å²) in [4.78, 5) is 21.2. The third-order valence-electron chi connectivity index (χ3n) is 6.32. The fraction of sp³-hybridized carbons (Fsp3) is 0.381. The number of hydrogen-bond acceptors (Lipinski definition) is 4. The minimum atomic E-state index is -2.93. The van der Waals surface area contributed by atoms with Gasteiger partial charge in [0, 0.05) is 31.0 Å². The Bertz CT molecular complexity index is 1260. The van der Waals surface area contributed by atoms with Crippen LogP contribution in [0.25, 0.3) is 10.9 Å². The fourth-order valence-corrected chi connectivity index (χ4v) is 5.29. The van der Waals surface area contributed by atoms with Gasteiger partial charge in [0.2, 0.25) is 0 Å². The first-order valence-electron chi connectivity index (χ1n) is 9.72. The van der Waals surface area contributed by atoms with Gasteiger partial charge in [0.1, 0.15) is 28.1 Å². The van der Waals surface area contributed by atoms with Gasteiger partial charge in [-0.2, -0.15) is 0 Å². The molecule has 2 bridgehead atoms. The molecule has 0 radical (unpaired) electrons. The molecule has 1 aromatic carbocycles. The van der Waals surface area contributed by atoms with Gasteiger partial charge in [-0.3, -0.25) is 4.79 Å². The highest BCUT2D eigenvalue weighted by molar-refractivity contribution is 9.10. The van der Waals surface area contributed by atoms with Crippen molar-refractivity contribution >= 4 is 32.7 Å². The van der Waals surface area contributed by atoms with Gasteiger partial charge in [-0.1, -0.05) is 18.2 Å². The first-order valence-corrected chi connectivity index (χ1v) is 10.5. The normalized spacial score (nSPS) is 25.3. The highest BCUT2D eigenvalue weighted by Gasteiger charge is 2.70. The number of alkyl halides is 3. The van der Waals surface area contributed by atoms with E-state index in [2.05, 4.69) is 31.2 Å². The first kappa shape index (κ1) is 20.4. The highest BCUT2D eigenvalue weighted by atomic mass is 79.9. The van der Waals surface area contributed by atoms with Gasteiger partial charge >= 0.3 is 0 Å². The summed E-state index contributed by atoms with van der Waals surface area (Å²) in [6.07, 6.45) is 0.796. The van der Waals surface area contributed by atoms with E-state index in [-0.39, 0.29) is 34.9 Å². The monoisotopic (exact) mass is 496 g/mol. The van der Waals surface area contributed by atoms with Crippen LogP contribution in [0.3, 0.4) is 0 Å². The van der Waals surface area contributed by atoms with Crippen molar-refractivity contribution in [3.63, 3.8) is 0 Å². The van der Waals surface area contributed by atoms with Crippen LogP contribution in [0.5, 0.6) is 0 Å². The zero-order valence-electron chi connectivity index (χ0n) is 16.3. The van der Waals surface area contributed by atoms with Crippen LogP contribution in [0.15, 0.2) is 40.0 Å². The summed E-state index contributed by atoms with van der Waals surface area (Å²) in [5.74, 6) is -0.661. The molecule has 10 heteroatoms. The van der Waals surface area contributed by atoms with E-state index in [0.717, 1.165) is 6.07 Å². The summed E-state index contributed by atoms with van der Waals surface area (Å²) >= 11 is 3.30. The van der Waals surface area contributed by atoms with E-state index in [1.54, 1.807) is 13.1 Å². The van der Waals surface area contributed by atoms with Crippen LogP contribution in [0.2, 0.25) is 0 Å². The molecule has 0 aliphatic heterocycles. The second kappa shape index (κ2) is 6.75. The van der Waals surface area contributed by atoms with Crippen LogP contribution in [0.4, 0.5) is 23.4 Å². The van der Waals surface area contributed by atoms with Gasteiger partial charge in [0.15, 0.2) is 0 Å². The van der Waals surface area contributed by atoms with Crippen LogP contribution in [-0.4, -0.2) is 20.2 Å². The molecule has 31 heavy (non-hydrogen) atoms. The quantitative estimate of drug-likeness (QED) is 0.480. The SMILES string of the molecule is C[C@@H](Nc1ncnc2c(Br)c(=O)n(C34CC(F)(C3)C4)cc12)c1cccc(C(F)F)c1F. The summed E-state index contributed by atoms with van der Waals surface area (Å²) in [6, 6.07) is 3.16. The Labute approximate surface area is 182 Å². The van der Waals surface area contributed by atoms with E-state index >= 15 is 0 Å². The highest BCUT2D eigenvalue weighted by Crippen LogP contribution is 2.67. The largest absolute Gasteiger partial charge is 0.363 e. The van der Waals surface area contributed by atoms with E-state index in [0.29, 0.717) is 16.7 Å². The Hall–Kier alpha value is -2.49. The van der Waals surface area contributed by atoms with Gasteiger partial charge in [-0.05, 0) is 22.9 Å². The molecule has 3 aliphatic rings. The van der Waals surface area contributed by atoms with E-state index in [9.17, 15) is 22.4 Å². The summed E-state index contributed by atoms with van der Waals surface area (Å²) in [6.45, 7) is 1.63. The first-order chi connectivity index (χ1) is 14.6. The number of rotatable bonds is 5. The van der Waals surface area contributed by atoms with Crippen LogP contribution in [0.1, 0.15) is 49.8 Å². The Morgan fingerprint density at radius 2 is 1.87 bits per heavy atom. The van der Waals surface area contributed by atoms with E-state index < -0.39 is 35.1 Å². The van der Waals surface area contributed by atoms with Gasteiger partial charge in [0.05, 0.1) is 28.0 Å². The van der Waals surface area contributed by atoms with Crippen molar-refractivity contribution in [3.05, 3.63) is 62.5 Å². The Kier molecular flexibility index (Phi) is 4.45. The lowest BCUT2D eigenvalue weighted by Gasteiger charge is -2.66. The number of nitrogens with one attached hydrogen (secondary N) is 1. The number of anilines is 1. The van der Waals surface area contributed by atoms with Crippen molar-refractivity contribution in [1.29, 1.82) is 0 Å². The average Bonchev–Trinajstić information content (AvgIpc) is 2.68. The van der Waals surface area contributed by atoms with E-state index in [4.69, 9.17) is 0 Å². The number of halogens is 5. The zero-order chi connectivity index (χ0) is 22.1. The number of aromatic nitrogens is 3. The predicted octanol–water partition coefficient (Wildman–Crippen LogP) is 5.40. The minimum absolute atomic E-state index is 0.0655. The molecule has 0 saturated heterocycles. The van der Waals surface area contributed by atoms with Crippen molar-refractivity contribution < 1.29 is 17.6 Å². The Morgan fingerprint density at radius 1 is 1.19 bits per heavy atom. The van der Waals surface area contributed by atoms with E-state index in [1.165, 1.54) is 23.0 Å². The van der Waals surface area contributed by atoms with Crippen molar-refractivity contribution in [2.45, 2.75) is 49.9 Å². The molecule has 162 valence electrons. The van der Waals surface area contributed by atoms with Crippen LogP contribution in [-0.2, 0) is 5.54 Å². The van der Waals surface area contributed by atoms with Gasteiger partial charge in [0.25, 0.3) is 12.0 Å². The minimum Gasteiger partial charge on any atom is -0.363 e. The summed E-state index contributed by atoms with van der Waals surface area (Å²) in [7, 11) is 0. The summed E-state index contributed by atoms with van der Waals surface area (Å²) in [5, 5.41) is 3.53. The maximum absolute atomic E-state index is 14.6. The molecule has 5 nitrogen and oxygen atoms in total. The lowest BCUT2D eigenvalue weighted by Crippen LogP contribution is -2.71. The molecule has 1 atom stereocenters. The standard InChI is InChI=1S/C21H17BrF4N4O/c1-10(11-3-2-4-12(15(11)23)17(24)25)29-18-13-5-30(21-6-20(26,7-21)8-21)19(31)14(22)16(13)27-9-28-18/h2-5,9-10,17H,6-8H2,1H3,(H,27,28,29)/t10-,20?,21?/m1/s1. The lowest BCUT2D eigenvalue weighted by molar-refractivity contribution is -0.199. The molecule has 2 heterocycles. The van der Waals surface area contributed by atoms with Gasteiger partial charge in [-0.25, -0.2) is 27.5 Å². The second-order valence-corrected chi connectivity index (χ2v) is 9.22. The lowest BCUT2D eigenvalue weighted by atomic mass is 9.47.